The van der Waals surface area contributed by atoms with Gasteiger partial charge in [-0.25, -0.2) is 13.1 Å². The van der Waals surface area contributed by atoms with E-state index in [1.807, 2.05) is 4.72 Å². The van der Waals surface area contributed by atoms with Crippen molar-refractivity contribution in [1.82, 2.24) is 4.72 Å². The van der Waals surface area contributed by atoms with Gasteiger partial charge in [0.15, 0.2) is 11.5 Å². The smallest absolute Gasteiger partial charge is 0.300 e. The minimum atomic E-state index is -4.09. The minimum absolute atomic E-state index is 0.0887. The number of rotatable bonds is 3. The number of carbonyl (C=O) groups is 2. The van der Waals surface area contributed by atoms with Gasteiger partial charge >= 0.3 is 5.91 Å². The van der Waals surface area contributed by atoms with E-state index in [2.05, 4.69) is 0 Å². The van der Waals surface area contributed by atoms with Crippen LogP contribution in [0.3, 0.4) is 0 Å². The fourth-order valence-corrected chi connectivity index (χ4v) is 3.98. The molecule has 6 nitrogen and oxygen atoms in total. The van der Waals surface area contributed by atoms with E-state index >= 15 is 0 Å². The van der Waals surface area contributed by atoms with Crippen molar-refractivity contribution in [2.24, 2.45) is 0 Å². The highest BCUT2D eigenvalue weighted by Gasteiger charge is 2.30. The Kier molecular flexibility index (Phi) is 4.23. The highest BCUT2D eigenvalue weighted by molar-refractivity contribution is 7.90. The number of hydrogen-bond donors (Lipinski definition) is 1. The summed E-state index contributed by atoms with van der Waals surface area (Å²) in [6, 6.07) is 5.56. The third-order valence-electron chi connectivity index (χ3n) is 3.85. The Labute approximate surface area is 143 Å². The molecule has 1 heterocycles. The molecule has 0 bridgehead atoms. The topological polar surface area (TPSA) is 93.4 Å². The van der Waals surface area contributed by atoms with Gasteiger partial charge in [0, 0.05) is 23.4 Å². The maximum absolute atomic E-state index is 12.3. The van der Waals surface area contributed by atoms with Crippen molar-refractivity contribution in [3.8, 4) is 0 Å². The number of nitrogens with one attached hydrogen (secondary N) is 1. The van der Waals surface area contributed by atoms with Crippen LogP contribution in [-0.2, 0) is 16.4 Å². The number of carbonyl (C=O) groups excluding carboxylic acids is 2. The van der Waals surface area contributed by atoms with Gasteiger partial charge in [0.1, 0.15) is 5.76 Å². The number of sulfonamides is 1. The molecule has 1 aliphatic carbocycles. The fourth-order valence-electron chi connectivity index (χ4n) is 2.73. The monoisotopic (exact) mass is 367 g/mol. The SMILES string of the molecule is Cc1c(C(=O)NS(=O)(=O)c2cccc(Cl)c2)oc2c1C(=O)CCC2. The zero-order chi connectivity index (χ0) is 17.5. The van der Waals surface area contributed by atoms with E-state index < -0.39 is 15.9 Å². The molecule has 0 saturated heterocycles. The van der Waals surface area contributed by atoms with Crippen LogP contribution in [-0.4, -0.2) is 20.1 Å². The van der Waals surface area contributed by atoms with Crippen LogP contribution in [0.15, 0.2) is 33.6 Å². The first-order chi connectivity index (χ1) is 11.3. The summed E-state index contributed by atoms with van der Waals surface area (Å²) >= 11 is 5.78. The number of aryl methyl sites for hydroxylation is 1. The third-order valence-corrected chi connectivity index (χ3v) is 5.41. The molecule has 0 saturated carbocycles. The second kappa shape index (κ2) is 6.07. The first-order valence-electron chi connectivity index (χ1n) is 7.28. The summed E-state index contributed by atoms with van der Waals surface area (Å²) < 4.78 is 32.0. The van der Waals surface area contributed by atoms with E-state index in [-0.39, 0.29) is 21.5 Å². The van der Waals surface area contributed by atoms with Crippen molar-refractivity contribution in [2.45, 2.75) is 31.1 Å². The molecule has 0 aliphatic heterocycles. The molecule has 1 aromatic heterocycles. The molecule has 0 fully saturated rings. The number of benzene rings is 1. The van der Waals surface area contributed by atoms with Gasteiger partial charge in [-0.15, -0.1) is 0 Å². The molecule has 24 heavy (non-hydrogen) atoms. The van der Waals surface area contributed by atoms with Crippen molar-refractivity contribution in [3.05, 3.63) is 51.9 Å². The van der Waals surface area contributed by atoms with Crippen LogP contribution < -0.4 is 4.72 Å². The van der Waals surface area contributed by atoms with Crippen molar-refractivity contribution >= 4 is 33.3 Å². The first-order valence-corrected chi connectivity index (χ1v) is 9.14. The highest BCUT2D eigenvalue weighted by atomic mass is 35.5. The van der Waals surface area contributed by atoms with Crippen molar-refractivity contribution in [3.63, 3.8) is 0 Å². The maximum atomic E-state index is 12.3. The Bertz CT molecular complexity index is 945. The number of ketones is 1. The molecule has 1 amide bonds. The van der Waals surface area contributed by atoms with Gasteiger partial charge in [-0.2, -0.15) is 0 Å². The molecule has 0 atom stereocenters. The number of amides is 1. The molecule has 0 radical (unpaired) electrons. The van der Waals surface area contributed by atoms with Gasteiger partial charge in [-0.05, 0) is 31.5 Å². The molecule has 126 valence electrons. The number of hydrogen-bond acceptors (Lipinski definition) is 5. The minimum Gasteiger partial charge on any atom is -0.455 e. The zero-order valence-corrected chi connectivity index (χ0v) is 14.3. The van der Waals surface area contributed by atoms with Gasteiger partial charge in [-0.3, -0.25) is 9.59 Å². The van der Waals surface area contributed by atoms with Crippen LogP contribution >= 0.6 is 11.6 Å². The maximum Gasteiger partial charge on any atom is 0.300 e. The van der Waals surface area contributed by atoms with E-state index in [0.717, 1.165) is 0 Å². The zero-order valence-electron chi connectivity index (χ0n) is 12.8. The molecule has 0 unspecified atom stereocenters. The van der Waals surface area contributed by atoms with E-state index in [0.29, 0.717) is 36.1 Å². The highest BCUT2D eigenvalue weighted by Crippen LogP contribution is 2.29. The van der Waals surface area contributed by atoms with Crippen LogP contribution in [0.2, 0.25) is 5.02 Å². The Morgan fingerprint density at radius 1 is 1.29 bits per heavy atom. The number of halogens is 1. The molecule has 1 aliphatic rings. The molecule has 1 aromatic carbocycles. The van der Waals surface area contributed by atoms with Crippen LogP contribution in [0, 0.1) is 6.92 Å². The molecule has 1 N–H and O–H groups in total. The predicted molar refractivity (Wildman–Crippen MR) is 86.8 cm³/mol. The lowest BCUT2D eigenvalue weighted by atomic mass is 9.94. The fraction of sp³-hybridized carbons (Fsp3) is 0.250. The summed E-state index contributed by atoms with van der Waals surface area (Å²) in [4.78, 5) is 24.2. The Morgan fingerprint density at radius 3 is 2.71 bits per heavy atom. The van der Waals surface area contributed by atoms with Crippen LogP contribution in [0.1, 0.15) is 45.1 Å². The molecule has 0 spiro atoms. The van der Waals surface area contributed by atoms with E-state index in [1.165, 1.54) is 24.3 Å². The van der Waals surface area contributed by atoms with E-state index in [1.54, 1.807) is 6.92 Å². The summed E-state index contributed by atoms with van der Waals surface area (Å²) in [6.07, 6.45) is 1.60. The lowest BCUT2D eigenvalue weighted by Gasteiger charge is -2.07. The van der Waals surface area contributed by atoms with Crippen LogP contribution in [0.4, 0.5) is 0 Å². The number of fused-ring (bicyclic) bond motifs is 1. The second-order valence-electron chi connectivity index (χ2n) is 5.52. The lowest BCUT2D eigenvalue weighted by molar-refractivity contribution is 0.0944. The molecule has 8 heteroatoms. The average Bonchev–Trinajstić information content (AvgIpc) is 2.85. The summed E-state index contributed by atoms with van der Waals surface area (Å²) in [5.41, 5.74) is 0.764. The van der Waals surface area contributed by atoms with Crippen molar-refractivity contribution in [1.29, 1.82) is 0 Å². The lowest BCUT2D eigenvalue weighted by Crippen LogP contribution is -2.30. The quantitative estimate of drug-likeness (QED) is 0.900. The van der Waals surface area contributed by atoms with Crippen LogP contribution in [0.25, 0.3) is 0 Å². The van der Waals surface area contributed by atoms with Gasteiger partial charge in [0.2, 0.25) is 0 Å². The third kappa shape index (κ3) is 2.97. The normalized spacial score (nSPS) is 14.3. The second-order valence-corrected chi connectivity index (χ2v) is 7.64. The summed E-state index contributed by atoms with van der Waals surface area (Å²) in [6.45, 7) is 1.58. The standard InChI is InChI=1S/C16H14ClNO5S/c1-9-14-12(19)6-3-7-13(14)23-15(9)16(20)18-24(21,22)11-5-2-4-10(17)8-11/h2,4-5,8H,3,6-7H2,1H3,(H,18,20). The number of furan rings is 1. The van der Waals surface area contributed by atoms with Gasteiger partial charge in [0.05, 0.1) is 10.5 Å². The summed E-state index contributed by atoms with van der Waals surface area (Å²) in [5.74, 6) is -0.709. The molecular formula is C16H14ClNO5S. The summed E-state index contributed by atoms with van der Waals surface area (Å²) in [5, 5.41) is 0.237. The van der Waals surface area contributed by atoms with E-state index in [4.69, 9.17) is 16.0 Å². The molecule has 2 aromatic rings. The van der Waals surface area contributed by atoms with Crippen LogP contribution in [0.5, 0.6) is 0 Å². The number of Topliss-reactive ketones (excluding diaryl/α,β-unsaturated/α-hetero) is 1. The summed E-state index contributed by atoms with van der Waals surface area (Å²) in [7, 11) is -4.09. The largest absolute Gasteiger partial charge is 0.455 e. The van der Waals surface area contributed by atoms with Crippen molar-refractivity contribution < 1.29 is 22.4 Å². The Morgan fingerprint density at radius 2 is 2.04 bits per heavy atom. The van der Waals surface area contributed by atoms with Gasteiger partial charge < -0.3 is 4.42 Å². The van der Waals surface area contributed by atoms with E-state index in [9.17, 15) is 18.0 Å². The average molecular weight is 368 g/mol. The molecular weight excluding hydrogens is 354 g/mol. The van der Waals surface area contributed by atoms with Gasteiger partial charge in [-0.1, -0.05) is 17.7 Å². The predicted octanol–water partition coefficient (Wildman–Crippen LogP) is 2.88. The Balaban J connectivity index is 1.92. The molecule has 3 rings (SSSR count). The van der Waals surface area contributed by atoms with Crippen molar-refractivity contribution in [2.75, 3.05) is 0 Å². The first kappa shape index (κ1) is 16.7. The Hall–Kier alpha value is -2.12. The van der Waals surface area contributed by atoms with Gasteiger partial charge in [0.25, 0.3) is 10.0 Å².